The van der Waals surface area contributed by atoms with E-state index in [1.54, 1.807) is 22.8 Å². The number of hydrogen-bond acceptors (Lipinski definition) is 5. The number of amides is 1. The Hall–Kier alpha value is -1.80. The van der Waals surface area contributed by atoms with Crippen LogP contribution >= 0.6 is 34.3 Å². The van der Waals surface area contributed by atoms with Crippen molar-refractivity contribution in [2.45, 2.75) is 6.04 Å². The second-order valence-electron chi connectivity index (χ2n) is 4.90. The summed E-state index contributed by atoms with van der Waals surface area (Å²) in [6.45, 7) is -0.366. The van der Waals surface area contributed by atoms with Crippen molar-refractivity contribution in [1.29, 1.82) is 0 Å². The maximum absolute atomic E-state index is 13.6. The van der Waals surface area contributed by atoms with E-state index in [4.69, 9.17) is 11.6 Å². The zero-order valence-electron chi connectivity index (χ0n) is 12.2. The maximum Gasteiger partial charge on any atom is 0.271 e. The number of aromatic nitrogens is 1. The maximum atomic E-state index is 13.6. The number of halogens is 2. The quantitative estimate of drug-likeness (QED) is 0.697. The number of rotatable bonds is 5. The first-order chi connectivity index (χ1) is 11.6. The number of thiazole rings is 1. The average molecular weight is 383 g/mol. The smallest absolute Gasteiger partial charge is 0.271 e. The van der Waals surface area contributed by atoms with Crippen LogP contribution in [0.25, 0.3) is 9.88 Å². The molecule has 8 heteroatoms. The van der Waals surface area contributed by atoms with E-state index in [-0.39, 0.29) is 17.3 Å². The van der Waals surface area contributed by atoms with Crippen LogP contribution < -0.4 is 5.32 Å². The number of aliphatic hydroxyl groups excluding tert-OH is 1. The Balaban J connectivity index is 1.76. The van der Waals surface area contributed by atoms with Gasteiger partial charge in [-0.05, 0) is 29.1 Å². The van der Waals surface area contributed by atoms with Gasteiger partial charge in [0.05, 0.1) is 22.5 Å². The summed E-state index contributed by atoms with van der Waals surface area (Å²) in [4.78, 5) is 17.6. The SMILES string of the molecule is O=C(N[C@@H](CO)c1ccc(Cl)c(F)c1)c1csc(-c2cccs2)n1. The van der Waals surface area contributed by atoms with Gasteiger partial charge in [0.25, 0.3) is 5.91 Å². The zero-order chi connectivity index (χ0) is 17.1. The van der Waals surface area contributed by atoms with Crippen molar-refractivity contribution in [3.05, 3.63) is 63.2 Å². The molecule has 1 aromatic carbocycles. The summed E-state index contributed by atoms with van der Waals surface area (Å²) >= 11 is 8.56. The highest BCUT2D eigenvalue weighted by atomic mass is 35.5. The lowest BCUT2D eigenvalue weighted by Gasteiger charge is -2.16. The van der Waals surface area contributed by atoms with Gasteiger partial charge in [0.1, 0.15) is 16.5 Å². The first-order valence-corrected chi connectivity index (χ1v) is 9.08. The van der Waals surface area contributed by atoms with Gasteiger partial charge in [0.15, 0.2) is 0 Å². The highest BCUT2D eigenvalue weighted by Crippen LogP contribution is 2.28. The van der Waals surface area contributed by atoms with Gasteiger partial charge < -0.3 is 10.4 Å². The van der Waals surface area contributed by atoms with E-state index in [0.717, 1.165) is 9.88 Å². The van der Waals surface area contributed by atoms with E-state index in [1.165, 1.54) is 23.5 Å². The number of benzene rings is 1. The Morgan fingerprint density at radius 3 is 2.88 bits per heavy atom. The first-order valence-electron chi connectivity index (χ1n) is 6.94. The molecule has 0 saturated heterocycles. The van der Waals surface area contributed by atoms with Crippen LogP contribution in [-0.4, -0.2) is 22.6 Å². The van der Waals surface area contributed by atoms with Gasteiger partial charge in [0, 0.05) is 5.38 Å². The van der Waals surface area contributed by atoms with Crippen molar-refractivity contribution in [3.63, 3.8) is 0 Å². The third-order valence-electron chi connectivity index (χ3n) is 3.30. The van der Waals surface area contributed by atoms with Gasteiger partial charge >= 0.3 is 0 Å². The van der Waals surface area contributed by atoms with Crippen LogP contribution in [0.3, 0.4) is 0 Å². The van der Waals surface area contributed by atoms with E-state index in [0.29, 0.717) is 5.56 Å². The van der Waals surface area contributed by atoms with Crippen LogP contribution in [0.15, 0.2) is 41.1 Å². The van der Waals surface area contributed by atoms with Crippen LogP contribution in [0.2, 0.25) is 5.02 Å². The molecule has 0 radical (unpaired) electrons. The van der Waals surface area contributed by atoms with E-state index >= 15 is 0 Å². The van der Waals surface area contributed by atoms with Gasteiger partial charge in [-0.25, -0.2) is 9.37 Å². The normalized spacial score (nSPS) is 12.1. The predicted molar refractivity (Wildman–Crippen MR) is 94.1 cm³/mol. The molecule has 1 atom stereocenters. The van der Waals surface area contributed by atoms with Crippen molar-refractivity contribution in [1.82, 2.24) is 10.3 Å². The lowest BCUT2D eigenvalue weighted by atomic mass is 10.1. The van der Waals surface area contributed by atoms with E-state index in [2.05, 4.69) is 10.3 Å². The Labute approximate surface area is 150 Å². The molecule has 4 nitrogen and oxygen atoms in total. The second kappa shape index (κ2) is 7.40. The summed E-state index contributed by atoms with van der Waals surface area (Å²) in [5.74, 6) is -1.03. The molecule has 3 rings (SSSR count). The molecule has 0 aliphatic heterocycles. The first kappa shape index (κ1) is 17.0. The molecule has 2 aromatic heterocycles. The summed E-state index contributed by atoms with van der Waals surface area (Å²) in [7, 11) is 0. The van der Waals surface area contributed by atoms with Crippen LogP contribution in [0.1, 0.15) is 22.1 Å². The lowest BCUT2D eigenvalue weighted by molar-refractivity contribution is 0.0912. The number of nitrogens with zero attached hydrogens (tertiary/aromatic N) is 1. The molecule has 0 saturated carbocycles. The summed E-state index contributed by atoms with van der Waals surface area (Å²) < 4.78 is 13.6. The van der Waals surface area contributed by atoms with Crippen molar-refractivity contribution >= 4 is 40.2 Å². The number of hydrogen-bond donors (Lipinski definition) is 2. The number of thiophene rings is 1. The van der Waals surface area contributed by atoms with Gasteiger partial charge in [0.2, 0.25) is 0 Å². The third-order valence-corrected chi connectivity index (χ3v) is 5.49. The Morgan fingerprint density at radius 2 is 2.21 bits per heavy atom. The van der Waals surface area contributed by atoms with Gasteiger partial charge in [-0.3, -0.25) is 4.79 Å². The topological polar surface area (TPSA) is 62.2 Å². The number of aliphatic hydroxyl groups is 1. The molecule has 2 heterocycles. The lowest BCUT2D eigenvalue weighted by Crippen LogP contribution is -2.31. The molecule has 0 fully saturated rings. The standard InChI is InChI=1S/C16H12ClFN2O2S2/c17-10-4-3-9(6-11(10)18)12(7-21)19-15(22)13-8-24-16(20-13)14-2-1-5-23-14/h1-6,8,12,21H,7H2,(H,19,22)/t12-/m0/s1. The summed E-state index contributed by atoms with van der Waals surface area (Å²) in [5.41, 5.74) is 0.692. The largest absolute Gasteiger partial charge is 0.394 e. The molecule has 3 aromatic rings. The molecule has 0 aliphatic carbocycles. The monoisotopic (exact) mass is 382 g/mol. The fourth-order valence-electron chi connectivity index (χ4n) is 2.09. The molecular formula is C16H12ClFN2O2S2. The predicted octanol–water partition coefficient (Wildman–Crippen LogP) is 4.13. The molecule has 1 amide bonds. The second-order valence-corrected chi connectivity index (χ2v) is 7.11. The van der Waals surface area contributed by atoms with Crippen LogP contribution in [0.5, 0.6) is 0 Å². The Morgan fingerprint density at radius 1 is 1.38 bits per heavy atom. The number of carbonyl (C=O) groups is 1. The molecule has 0 bridgehead atoms. The molecule has 0 unspecified atom stereocenters. The van der Waals surface area contributed by atoms with Crippen LogP contribution in [0, 0.1) is 5.82 Å². The van der Waals surface area contributed by atoms with Gasteiger partial charge in [-0.15, -0.1) is 22.7 Å². The molecule has 0 aliphatic rings. The summed E-state index contributed by atoms with van der Waals surface area (Å²) in [5, 5.41) is 16.5. The van der Waals surface area contributed by atoms with Crippen LogP contribution in [-0.2, 0) is 0 Å². The average Bonchev–Trinajstić information content (AvgIpc) is 3.25. The Kier molecular flexibility index (Phi) is 5.25. The Bertz CT molecular complexity index is 852. The molecular weight excluding hydrogens is 371 g/mol. The highest BCUT2D eigenvalue weighted by molar-refractivity contribution is 7.20. The van der Waals surface area contributed by atoms with E-state index in [9.17, 15) is 14.3 Å². The van der Waals surface area contributed by atoms with E-state index in [1.807, 2.05) is 17.5 Å². The molecule has 24 heavy (non-hydrogen) atoms. The van der Waals surface area contributed by atoms with Gasteiger partial charge in [-0.2, -0.15) is 0 Å². The zero-order valence-corrected chi connectivity index (χ0v) is 14.6. The van der Waals surface area contributed by atoms with Gasteiger partial charge in [-0.1, -0.05) is 23.7 Å². The summed E-state index contributed by atoms with van der Waals surface area (Å²) in [6.07, 6.45) is 0. The molecule has 0 spiro atoms. The molecule has 124 valence electrons. The third kappa shape index (κ3) is 3.64. The van der Waals surface area contributed by atoms with Crippen LogP contribution in [0.4, 0.5) is 4.39 Å². The number of carbonyl (C=O) groups excluding carboxylic acids is 1. The minimum Gasteiger partial charge on any atom is -0.394 e. The van der Waals surface area contributed by atoms with E-state index < -0.39 is 17.8 Å². The van der Waals surface area contributed by atoms with Crippen molar-refractivity contribution in [2.75, 3.05) is 6.61 Å². The summed E-state index contributed by atoms with van der Waals surface area (Å²) in [6, 6.07) is 7.25. The number of nitrogens with one attached hydrogen (secondary N) is 1. The molecule has 2 N–H and O–H groups in total. The van der Waals surface area contributed by atoms with Crippen molar-refractivity contribution in [3.8, 4) is 9.88 Å². The fourth-order valence-corrected chi connectivity index (χ4v) is 3.82. The van der Waals surface area contributed by atoms with Crippen molar-refractivity contribution < 1.29 is 14.3 Å². The fraction of sp³-hybridized carbons (Fsp3) is 0.125. The van der Waals surface area contributed by atoms with Crippen molar-refractivity contribution in [2.24, 2.45) is 0 Å². The minimum atomic E-state index is -0.740. The minimum absolute atomic E-state index is 0.0122. The highest BCUT2D eigenvalue weighted by Gasteiger charge is 2.19.